The van der Waals surface area contributed by atoms with Crippen LogP contribution in [0.15, 0.2) is 12.1 Å². The highest BCUT2D eigenvalue weighted by molar-refractivity contribution is 5.24. The Hall–Kier alpha value is -1.03. The van der Waals surface area contributed by atoms with Crippen LogP contribution in [0.3, 0.4) is 0 Å². The van der Waals surface area contributed by atoms with Crippen molar-refractivity contribution in [1.82, 2.24) is 0 Å². The van der Waals surface area contributed by atoms with Gasteiger partial charge in [0.2, 0.25) is 0 Å². The molecule has 0 saturated heterocycles. The SMILES string of the molecule is CC(C)C(C)C(N)c1c(F)cc(F)cc1F. The molecule has 0 aliphatic rings. The van der Waals surface area contributed by atoms with Gasteiger partial charge in [-0.15, -0.1) is 0 Å². The fourth-order valence-corrected chi connectivity index (χ4v) is 1.55. The van der Waals surface area contributed by atoms with Crippen LogP contribution in [0.1, 0.15) is 32.4 Å². The van der Waals surface area contributed by atoms with E-state index in [1.165, 1.54) is 0 Å². The Morgan fingerprint density at radius 2 is 1.44 bits per heavy atom. The summed E-state index contributed by atoms with van der Waals surface area (Å²) in [6.07, 6.45) is 0. The van der Waals surface area contributed by atoms with E-state index in [1.54, 1.807) is 0 Å². The number of benzene rings is 1. The third-order valence-electron chi connectivity index (χ3n) is 3.00. The molecule has 0 amide bonds. The van der Waals surface area contributed by atoms with Crippen LogP contribution < -0.4 is 5.73 Å². The molecule has 0 fully saturated rings. The molecule has 4 heteroatoms. The van der Waals surface area contributed by atoms with E-state index in [0.29, 0.717) is 12.1 Å². The molecule has 1 aromatic carbocycles. The number of hydrogen-bond donors (Lipinski definition) is 1. The lowest BCUT2D eigenvalue weighted by Crippen LogP contribution is -2.25. The van der Waals surface area contributed by atoms with E-state index < -0.39 is 23.5 Å². The Morgan fingerprint density at radius 1 is 1.00 bits per heavy atom. The van der Waals surface area contributed by atoms with Crippen LogP contribution in [-0.4, -0.2) is 0 Å². The first-order chi connectivity index (χ1) is 7.34. The molecule has 16 heavy (non-hydrogen) atoms. The maximum atomic E-state index is 13.4. The zero-order valence-corrected chi connectivity index (χ0v) is 9.60. The van der Waals surface area contributed by atoms with Crippen molar-refractivity contribution >= 4 is 0 Å². The monoisotopic (exact) mass is 231 g/mol. The lowest BCUT2D eigenvalue weighted by atomic mass is 9.86. The van der Waals surface area contributed by atoms with Gasteiger partial charge >= 0.3 is 0 Å². The van der Waals surface area contributed by atoms with Gasteiger partial charge in [0.1, 0.15) is 17.5 Å². The van der Waals surface area contributed by atoms with Gasteiger partial charge in [0.15, 0.2) is 0 Å². The molecule has 1 rings (SSSR count). The summed E-state index contributed by atoms with van der Waals surface area (Å²) in [5.41, 5.74) is 5.56. The molecule has 2 N–H and O–H groups in total. The third-order valence-corrected chi connectivity index (χ3v) is 3.00. The number of nitrogens with two attached hydrogens (primary N) is 1. The van der Waals surface area contributed by atoms with Gasteiger partial charge < -0.3 is 5.73 Å². The maximum Gasteiger partial charge on any atom is 0.133 e. The first-order valence-electron chi connectivity index (χ1n) is 5.24. The molecule has 0 aliphatic heterocycles. The van der Waals surface area contributed by atoms with Crippen LogP contribution in [0.25, 0.3) is 0 Å². The van der Waals surface area contributed by atoms with E-state index in [-0.39, 0.29) is 17.4 Å². The van der Waals surface area contributed by atoms with Crippen LogP contribution in [0.4, 0.5) is 13.2 Å². The average molecular weight is 231 g/mol. The number of rotatable bonds is 3. The summed E-state index contributed by atoms with van der Waals surface area (Å²) in [5.74, 6) is -2.66. The smallest absolute Gasteiger partial charge is 0.133 e. The van der Waals surface area contributed by atoms with Crippen molar-refractivity contribution in [1.29, 1.82) is 0 Å². The zero-order valence-electron chi connectivity index (χ0n) is 9.60. The van der Waals surface area contributed by atoms with Crippen LogP contribution in [0, 0.1) is 29.3 Å². The van der Waals surface area contributed by atoms with E-state index in [2.05, 4.69) is 0 Å². The predicted octanol–water partition coefficient (Wildman–Crippen LogP) is 3.40. The Bertz CT molecular complexity index is 354. The van der Waals surface area contributed by atoms with E-state index in [9.17, 15) is 13.2 Å². The number of halogens is 3. The first-order valence-corrected chi connectivity index (χ1v) is 5.24. The van der Waals surface area contributed by atoms with Gasteiger partial charge in [-0.2, -0.15) is 0 Å². The van der Waals surface area contributed by atoms with E-state index >= 15 is 0 Å². The topological polar surface area (TPSA) is 26.0 Å². The quantitative estimate of drug-likeness (QED) is 0.847. The van der Waals surface area contributed by atoms with Crippen LogP contribution in [0.2, 0.25) is 0 Å². The molecule has 0 aromatic heterocycles. The highest BCUT2D eigenvalue weighted by atomic mass is 19.1. The zero-order chi connectivity index (χ0) is 12.5. The lowest BCUT2D eigenvalue weighted by Gasteiger charge is -2.24. The minimum atomic E-state index is -0.928. The molecular weight excluding hydrogens is 215 g/mol. The molecule has 2 atom stereocenters. The molecule has 1 aromatic rings. The van der Waals surface area contributed by atoms with Crippen molar-refractivity contribution in [3.05, 3.63) is 35.1 Å². The maximum absolute atomic E-state index is 13.4. The predicted molar refractivity (Wildman–Crippen MR) is 57.2 cm³/mol. The summed E-state index contributed by atoms with van der Waals surface area (Å²) in [4.78, 5) is 0. The van der Waals surface area contributed by atoms with Crippen molar-refractivity contribution in [2.24, 2.45) is 17.6 Å². The van der Waals surface area contributed by atoms with Gasteiger partial charge in [-0.3, -0.25) is 0 Å². The molecular formula is C12H16F3N. The summed E-state index contributed by atoms with van der Waals surface area (Å²) < 4.78 is 39.6. The largest absolute Gasteiger partial charge is 0.324 e. The molecule has 0 bridgehead atoms. The second-order valence-electron chi connectivity index (χ2n) is 4.41. The van der Waals surface area contributed by atoms with Gasteiger partial charge in [-0.25, -0.2) is 13.2 Å². The van der Waals surface area contributed by atoms with Crippen LogP contribution in [0.5, 0.6) is 0 Å². The Morgan fingerprint density at radius 3 is 1.81 bits per heavy atom. The molecule has 0 aliphatic carbocycles. The average Bonchev–Trinajstić information content (AvgIpc) is 2.14. The van der Waals surface area contributed by atoms with Crippen molar-refractivity contribution < 1.29 is 13.2 Å². The molecule has 2 unspecified atom stereocenters. The van der Waals surface area contributed by atoms with E-state index in [4.69, 9.17) is 5.73 Å². The van der Waals surface area contributed by atoms with Crippen molar-refractivity contribution in [2.45, 2.75) is 26.8 Å². The fraction of sp³-hybridized carbons (Fsp3) is 0.500. The van der Waals surface area contributed by atoms with Crippen LogP contribution in [-0.2, 0) is 0 Å². The number of hydrogen-bond acceptors (Lipinski definition) is 1. The summed E-state index contributed by atoms with van der Waals surface area (Å²) in [6, 6.07) is 0.553. The van der Waals surface area contributed by atoms with Gasteiger partial charge in [-0.1, -0.05) is 20.8 Å². The lowest BCUT2D eigenvalue weighted by molar-refractivity contribution is 0.335. The summed E-state index contributed by atoms with van der Waals surface area (Å²) >= 11 is 0. The van der Waals surface area contributed by atoms with Gasteiger partial charge in [0.25, 0.3) is 0 Å². The van der Waals surface area contributed by atoms with Crippen molar-refractivity contribution in [3.8, 4) is 0 Å². The fourth-order valence-electron chi connectivity index (χ4n) is 1.55. The third kappa shape index (κ3) is 2.55. The Kier molecular flexibility index (Phi) is 3.97. The van der Waals surface area contributed by atoms with Crippen molar-refractivity contribution in [2.75, 3.05) is 0 Å². The highest BCUT2D eigenvalue weighted by Gasteiger charge is 2.24. The standard InChI is InChI=1S/C12H16F3N/c1-6(2)7(3)12(16)11-9(14)4-8(13)5-10(11)15/h4-7,12H,16H2,1-3H3. The second kappa shape index (κ2) is 4.87. The summed E-state index contributed by atoms with van der Waals surface area (Å²) in [6.45, 7) is 5.66. The molecule has 0 saturated carbocycles. The molecule has 90 valence electrons. The van der Waals surface area contributed by atoms with Gasteiger partial charge in [-0.05, 0) is 11.8 Å². The minimum Gasteiger partial charge on any atom is -0.324 e. The molecule has 0 heterocycles. The highest BCUT2D eigenvalue weighted by Crippen LogP contribution is 2.29. The molecule has 0 spiro atoms. The molecule has 0 radical (unpaired) electrons. The normalized spacial score (nSPS) is 15.2. The first kappa shape index (κ1) is 13.0. The summed E-state index contributed by atoms with van der Waals surface area (Å²) in [5, 5.41) is 0. The second-order valence-corrected chi connectivity index (χ2v) is 4.41. The van der Waals surface area contributed by atoms with Crippen molar-refractivity contribution in [3.63, 3.8) is 0 Å². The van der Waals surface area contributed by atoms with E-state index in [0.717, 1.165) is 0 Å². The Balaban J connectivity index is 3.13. The summed E-state index contributed by atoms with van der Waals surface area (Å²) in [7, 11) is 0. The minimum absolute atomic E-state index is 0.0885. The Labute approximate surface area is 93.5 Å². The van der Waals surface area contributed by atoms with Crippen LogP contribution >= 0.6 is 0 Å². The van der Waals surface area contributed by atoms with E-state index in [1.807, 2.05) is 20.8 Å². The molecule has 1 nitrogen and oxygen atoms in total. The van der Waals surface area contributed by atoms with Gasteiger partial charge in [0, 0.05) is 23.7 Å². The van der Waals surface area contributed by atoms with Gasteiger partial charge in [0.05, 0.1) is 0 Å².